The van der Waals surface area contributed by atoms with E-state index in [2.05, 4.69) is 39.1 Å². The molecule has 2 unspecified atom stereocenters. The highest BCUT2D eigenvalue weighted by Crippen LogP contribution is 2.39. The third kappa shape index (κ3) is 4.14. The van der Waals surface area contributed by atoms with Crippen LogP contribution in [0.25, 0.3) is 33.2 Å². The maximum absolute atomic E-state index is 13.4. The number of fused-ring (bicyclic) bond motifs is 5. The molecule has 8 heteroatoms. The van der Waals surface area contributed by atoms with Gasteiger partial charge in [-0.15, -0.1) is 0 Å². The fraction of sp³-hybridized carbons (Fsp3) is 0.219. The monoisotopic (exact) mass is 594 g/mol. The topological polar surface area (TPSA) is 69.4 Å². The average Bonchev–Trinajstić information content (AvgIpc) is 3.40. The predicted octanol–water partition coefficient (Wildman–Crippen LogP) is 6.60. The smallest absolute Gasteiger partial charge is 0.410 e. The summed E-state index contributed by atoms with van der Waals surface area (Å²) in [4.78, 5) is 32.8. The molecule has 0 radical (unpaired) electrons. The van der Waals surface area contributed by atoms with Gasteiger partial charge in [0.25, 0.3) is 0 Å². The lowest BCUT2D eigenvalue weighted by Gasteiger charge is -2.33. The predicted molar refractivity (Wildman–Crippen MR) is 159 cm³/mol. The van der Waals surface area contributed by atoms with E-state index in [1.165, 1.54) is 5.57 Å². The fourth-order valence-corrected chi connectivity index (χ4v) is 6.52. The molecule has 2 aliphatic rings. The Bertz CT molecular complexity index is 1860. The summed E-state index contributed by atoms with van der Waals surface area (Å²) >= 11 is 3.56. The summed E-state index contributed by atoms with van der Waals surface area (Å²) in [5, 5.41) is 0.916. The van der Waals surface area contributed by atoms with E-state index in [1.807, 2.05) is 65.6 Å². The van der Waals surface area contributed by atoms with Crippen LogP contribution in [0.5, 0.6) is 0 Å². The van der Waals surface area contributed by atoms with E-state index in [9.17, 15) is 9.59 Å². The summed E-state index contributed by atoms with van der Waals surface area (Å²) in [5.74, 6) is 0. The highest BCUT2D eigenvalue weighted by atomic mass is 79.9. The minimum atomic E-state index is -0.245. The molecule has 0 spiro atoms. The van der Waals surface area contributed by atoms with Gasteiger partial charge in [-0.1, -0.05) is 64.5 Å². The second kappa shape index (κ2) is 9.78. The van der Waals surface area contributed by atoms with Crippen molar-refractivity contribution >= 4 is 49.5 Å². The van der Waals surface area contributed by atoms with Crippen molar-refractivity contribution in [1.29, 1.82) is 0 Å². The molecule has 0 saturated carbocycles. The van der Waals surface area contributed by atoms with Gasteiger partial charge < -0.3 is 4.74 Å². The van der Waals surface area contributed by atoms with Gasteiger partial charge in [-0.25, -0.2) is 9.59 Å². The third-order valence-corrected chi connectivity index (χ3v) is 8.65. The Morgan fingerprint density at radius 1 is 1.05 bits per heavy atom. The molecular weight excluding hydrogens is 568 g/mol. The van der Waals surface area contributed by atoms with E-state index < -0.39 is 0 Å². The summed E-state index contributed by atoms with van der Waals surface area (Å²) in [7, 11) is 1.78. The highest BCUT2D eigenvalue weighted by Gasteiger charge is 2.40. The number of nitrogens with zero attached hydrogens (tertiary/aromatic N) is 4. The average molecular weight is 595 g/mol. The van der Waals surface area contributed by atoms with Crippen LogP contribution in [0.3, 0.4) is 0 Å². The quantitative estimate of drug-likeness (QED) is 0.235. The summed E-state index contributed by atoms with van der Waals surface area (Å²) in [6, 6.07) is 24.0. The van der Waals surface area contributed by atoms with E-state index in [4.69, 9.17) is 4.74 Å². The zero-order chi connectivity index (χ0) is 27.4. The number of halogens is 1. The molecule has 2 atom stereocenters. The Hall–Kier alpha value is -4.17. The lowest BCUT2D eigenvalue weighted by molar-refractivity contribution is 0.0832. The lowest BCUT2D eigenvalue weighted by atomic mass is 9.95. The largest absolute Gasteiger partial charge is 0.445 e. The first-order valence-electron chi connectivity index (χ1n) is 13.4. The van der Waals surface area contributed by atoms with Gasteiger partial charge in [0, 0.05) is 22.9 Å². The molecule has 1 saturated heterocycles. The van der Waals surface area contributed by atoms with Crippen molar-refractivity contribution in [2.45, 2.75) is 38.0 Å². The lowest BCUT2D eigenvalue weighted by Crippen LogP contribution is -2.43. The first kappa shape index (κ1) is 24.8. The summed E-state index contributed by atoms with van der Waals surface area (Å²) in [5.41, 5.74) is 6.47. The zero-order valence-electron chi connectivity index (χ0n) is 22.0. The van der Waals surface area contributed by atoms with Crippen LogP contribution in [0.2, 0.25) is 0 Å². The van der Waals surface area contributed by atoms with Gasteiger partial charge in [-0.2, -0.15) is 0 Å². The van der Waals surface area contributed by atoms with Crippen molar-refractivity contribution in [3.63, 3.8) is 0 Å². The number of carbonyl (C=O) groups excluding carboxylic acids is 1. The molecule has 200 valence electrons. The number of benzene rings is 3. The standard InChI is InChI=1S/C32H27BrN4O3/c1-35-29-18-34-28-14-9-23(33)17-27(28)30(29)37(31(35)38)24-10-7-21(8-11-24)22-15-25-12-13-26(16-22)36(25)32(39)40-19-20-5-3-2-4-6-20/h2-11,14-15,17-18,25-26H,12-13,16,19H2,1H3. The molecule has 0 aliphatic carbocycles. The number of amides is 1. The van der Waals surface area contributed by atoms with Gasteiger partial charge >= 0.3 is 11.8 Å². The normalized spacial score (nSPS) is 18.4. The van der Waals surface area contributed by atoms with Crippen molar-refractivity contribution in [3.05, 3.63) is 111 Å². The maximum atomic E-state index is 13.4. The molecule has 2 bridgehead atoms. The molecular formula is C32H27BrN4O3. The Balaban J connectivity index is 1.17. The molecule has 2 aliphatic heterocycles. The van der Waals surface area contributed by atoms with Gasteiger partial charge in [-0.3, -0.25) is 19.0 Å². The molecule has 3 aromatic carbocycles. The highest BCUT2D eigenvalue weighted by molar-refractivity contribution is 9.10. The van der Waals surface area contributed by atoms with Crippen LogP contribution in [0, 0.1) is 0 Å². The molecule has 40 heavy (non-hydrogen) atoms. The molecule has 5 aromatic rings. The number of carbonyl (C=O) groups is 1. The molecule has 1 fully saturated rings. The van der Waals surface area contributed by atoms with Crippen LogP contribution in [0.4, 0.5) is 4.79 Å². The second-order valence-electron chi connectivity index (χ2n) is 10.5. The van der Waals surface area contributed by atoms with Crippen LogP contribution in [-0.4, -0.2) is 37.2 Å². The van der Waals surface area contributed by atoms with E-state index >= 15 is 0 Å². The zero-order valence-corrected chi connectivity index (χ0v) is 23.5. The van der Waals surface area contributed by atoms with Gasteiger partial charge in [0.05, 0.1) is 34.5 Å². The van der Waals surface area contributed by atoms with Gasteiger partial charge in [-0.05, 0) is 66.3 Å². The number of rotatable bonds is 4. The molecule has 7 rings (SSSR count). The Kier molecular flexibility index (Phi) is 6.08. The van der Waals surface area contributed by atoms with Crippen LogP contribution in [-0.2, 0) is 18.4 Å². The van der Waals surface area contributed by atoms with Gasteiger partial charge in [0.15, 0.2) is 0 Å². The van der Waals surface area contributed by atoms with Crippen molar-refractivity contribution in [2.75, 3.05) is 0 Å². The summed E-state index contributed by atoms with van der Waals surface area (Å²) in [6.45, 7) is 0.281. The molecule has 4 heterocycles. The maximum Gasteiger partial charge on any atom is 0.410 e. The number of aromatic nitrogens is 3. The van der Waals surface area contributed by atoms with Gasteiger partial charge in [0.1, 0.15) is 6.61 Å². The Morgan fingerprint density at radius 2 is 1.85 bits per heavy atom. The Morgan fingerprint density at radius 3 is 2.62 bits per heavy atom. The van der Waals surface area contributed by atoms with E-state index in [0.29, 0.717) is 0 Å². The van der Waals surface area contributed by atoms with Crippen molar-refractivity contribution in [1.82, 2.24) is 19.0 Å². The van der Waals surface area contributed by atoms with E-state index in [-0.39, 0.29) is 30.5 Å². The van der Waals surface area contributed by atoms with Crippen molar-refractivity contribution in [2.24, 2.45) is 7.05 Å². The molecule has 2 aromatic heterocycles. The minimum Gasteiger partial charge on any atom is -0.445 e. The molecule has 0 N–H and O–H groups in total. The Labute approximate surface area is 239 Å². The van der Waals surface area contributed by atoms with Crippen LogP contribution in [0.1, 0.15) is 30.4 Å². The molecule has 1 amide bonds. The number of imidazole rings is 1. The number of hydrogen-bond acceptors (Lipinski definition) is 4. The summed E-state index contributed by atoms with van der Waals surface area (Å²) in [6.07, 6.45) is 6.42. The second-order valence-corrected chi connectivity index (χ2v) is 11.4. The number of pyridine rings is 1. The van der Waals surface area contributed by atoms with Crippen LogP contribution >= 0.6 is 15.9 Å². The van der Waals surface area contributed by atoms with Crippen LogP contribution in [0.15, 0.2) is 94.3 Å². The molecule has 7 nitrogen and oxygen atoms in total. The van der Waals surface area contributed by atoms with E-state index in [0.717, 1.165) is 62.5 Å². The van der Waals surface area contributed by atoms with Crippen LogP contribution < -0.4 is 5.69 Å². The fourth-order valence-electron chi connectivity index (χ4n) is 6.16. The number of hydrogen-bond donors (Lipinski definition) is 0. The minimum absolute atomic E-state index is 0.0368. The third-order valence-electron chi connectivity index (χ3n) is 8.15. The van der Waals surface area contributed by atoms with E-state index in [1.54, 1.807) is 22.4 Å². The number of aryl methyl sites for hydroxylation is 1. The van der Waals surface area contributed by atoms with Crippen molar-refractivity contribution in [3.8, 4) is 5.69 Å². The van der Waals surface area contributed by atoms with Gasteiger partial charge in [0.2, 0.25) is 0 Å². The first-order valence-corrected chi connectivity index (χ1v) is 14.2. The van der Waals surface area contributed by atoms with Crippen molar-refractivity contribution < 1.29 is 9.53 Å². The summed E-state index contributed by atoms with van der Waals surface area (Å²) < 4.78 is 10.00. The number of ether oxygens (including phenoxy) is 1. The first-order chi connectivity index (χ1) is 19.5. The SMILES string of the molecule is Cn1c(=O)n(-c2ccc(C3=CC4CCC(C3)N4C(=O)OCc3ccccc3)cc2)c2c3cc(Br)ccc3ncc21.